The third kappa shape index (κ3) is 3.55. The van der Waals surface area contributed by atoms with Crippen LogP contribution in [0.4, 0.5) is 0 Å². The van der Waals surface area contributed by atoms with Gasteiger partial charge in [-0.15, -0.1) is 0 Å². The number of sulfonamides is 1. The minimum Gasteiger partial charge on any atom is -0.374 e. The summed E-state index contributed by atoms with van der Waals surface area (Å²) in [5.74, 6) is 0. The molecule has 0 spiro atoms. The number of rotatable bonds is 4. The second-order valence-corrected chi connectivity index (χ2v) is 6.40. The first-order chi connectivity index (χ1) is 9.53. The minimum absolute atomic E-state index is 0.155. The molecular formula is C13H17N3O3S. The topological polar surface area (TPSA) is 91.2 Å². The van der Waals surface area contributed by atoms with Gasteiger partial charge in [0.25, 0.3) is 0 Å². The summed E-state index contributed by atoms with van der Waals surface area (Å²) < 4.78 is 32.3. The fourth-order valence-corrected chi connectivity index (χ4v) is 3.12. The van der Waals surface area contributed by atoms with Gasteiger partial charge in [0.1, 0.15) is 0 Å². The van der Waals surface area contributed by atoms with E-state index in [9.17, 15) is 8.42 Å². The highest BCUT2D eigenvalue weighted by molar-refractivity contribution is 7.89. The first kappa shape index (κ1) is 14.9. The highest BCUT2D eigenvalue weighted by atomic mass is 32.2. The molecule has 108 valence electrons. The molecule has 2 rings (SSSR count). The van der Waals surface area contributed by atoms with Gasteiger partial charge < -0.3 is 10.1 Å². The predicted molar refractivity (Wildman–Crippen MR) is 73.7 cm³/mol. The summed E-state index contributed by atoms with van der Waals surface area (Å²) in [6.45, 7) is 3.95. The molecule has 1 aromatic carbocycles. The van der Waals surface area contributed by atoms with Crippen molar-refractivity contribution in [3.8, 4) is 6.07 Å². The molecule has 1 unspecified atom stereocenters. The van der Waals surface area contributed by atoms with Gasteiger partial charge in [-0.05, 0) is 30.7 Å². The van der Waals surface area contributed by atoms with Gasteiger partial charge in [-0.2, -0.15) is 5.26 Å². The Hall–Kier alpha value is -1.46. The van der Waals surface area contributed by atoms with E-state index in [-0.39, 0.29) is 17.5 Å². The van der Waals surface area contributed by atoms with Crippen molar-refractivity contribution in [2.75, 3.05) is 26.2 Å². The van der Waals surface area contributed by atoms with Gasteiger partial charge in [0, 0.05) is 19.6 Å². The second-order valence-electron chi connectivity index (χ2n) is 4.64. The minimum atomic E-state index is -3.57. The Bertz CT molecular complexity index is 616. The Morgan fingerprint density at radius 3 is 2.95 bits per heavy atom. The normalized spacial score (nSPS) is 19.5. The van der Waals surface area contributed by atoms with Crippen LogP contribution in [0.25, 0.3) is 0 Å². The van der Waals surface area contributed by atoms with Crippen LogP contribution in [0, 0.1) is 18.3 Å². The molecule has 20 heavy (non-hydrogen) atoms. The van der Waals surface area contributed by atoms with E-state index in [1.54, 1.807) is 6.92 Å². The number of nitrogens with one attached hydrogen (secondary N) is 2. The quantitative estimate of drug-likeness (QED) is 0.824. The van der Waals surface area contributed by atoms with Gasteiger partial charge in [0.2, 0.25) is 10.0 Å². The van der Waals surface area contributed by atoms with Crippen molar-refractivity contribution < 1.29 is 13.2 Å². The largest absolute Gasteiger partial charge is 0.374 e. The van der Waals surface area contributed by atoms with Gasteiger partial charge >= 0.3 is 0 Å². The third-order valence-corrected chi connectivity index (χ3v) is 4.56. The first-order valence-electron chi connectivity index (χ1n) is 6.35. The molecule has 6 nitrogen and oxygen atoms in total. The Balaban J connectivity index is 2.06. The summed E-state index contributed by atoms with van der Waals surface area (Å²) in [4.78, 5) is 0.165. The number of ether oxygens (including phenoxy) is 1. The fourth-order valence-electron chi connectivity index (χ4n) is 1.97. The van der Waals surface area contributed by atoms with E-state index in [1.807, 2.05) is 6.07 Å². The summed E-state index contributed by atoms with van der Waals surface area (Å²) in [5.41, 5.74) is 1.12. The number of benzene rings is 1. The van der Waals surface area contributed by atoms with Crippen LogP contribution in [0.1, 0.15) is 11.1 Å². The van der Waals surface area contributed by atoms with Crippen LogP contribution in [0.3, 0.4) is 0 Å². The van der Waals surface area contributed by atoms with Crippen molar-refractivity contribution in [2.24, 2.45) is 0 Å². The Morgan fingerprint density at radius 1 is 1.55 bits per heavy atom. The SMILES string of the molecule is Cc1cc(S(=O)(=O)NCC2CNCCO2)ccc1C#N. The van der Waals surface area contributed by atoms with Crippen LogP contribution in [-0.2, 0) is 14.8 Å². The average Bonchev–Trinajstić information content (AvgIpc) is 2.46. The van der Waals surface area contributed by atoms with E-state index in [1.165, 1.54) is 18.2 Å². The zero-order chi connectivity index (χ0) is 14.6. The zero-order valence-corrected chi connectivity index (χ0v) is 12.0. The van der Waals surface area contributed by atoms with Crippen molar-refractivity contribution in [2.45, 2.75) is 17.9 Å². The fraction of sp³-hybridized carbons (Fsp3) is 0.462. The van der Waals surface area contributed by atoms with E-state index in [0.29, 0.717) is 24.3 Å². The predicted octanol–water partition coefficient (Wildman–Crippen LogP) is 0.133. The van der Waals surface area contributed by atoms with Gasteiger partial charge in [-0.25, -0.2) is 13.1 Å². The van der Waals surface area contributed by atoms with Crippen LogP contribution in [-0.4, -0.2) is 40.8 Å². The van der Waals surface area contributed by atoms with Crippen molar-refractivity contribution in [1.29, 1.82) is 5.26 Å². The summed E-state index contributed by atoms with van der Waals surface area (Å²) >= 11 is 0. The van der Waals surface area contributed by atoms with E-state index in [2.05, 4.69) is 10.0 Å². The molecule has 1 aliphatic rings. The van der Waals surface area contributed by atoms with Crippen LogP contribution in [0.2, 0.25) is 0 Å². The lowest BCUT2D eigenvalue weighted by Crippen LogP contribution is -2.45. The third-order valence-electron chi connectivity index (χ3n) is 3.13. The summed E-state index contributed by atoms with van der Waals surface area (Å²) in [7, 11) is -3.57. The molecule has 0 amide bonds. The average molecular weight is 295 g/mol. The Morgan fingerprint density at radius 2 is 2.35 bits per heavy atom. The van der Waals surface area contributed by atoms with E-state index < -0.39 is 10.0 Å². The lowest BCUT2D eigenvalue weighted by molar-refractivity contribution is 0.0324. The Labute approximate surface area is 118 Å². The molecule has 1 aromatic rings. The van der Waals surface area contributed by atoms with Gasteiger partial charge in [-0.3, -0.25) is 0 Å². The monoisotopic (exact) mass is 295 g/mol. The molecule has 0 aliphatic carbocycles. The highest BCUT2D eigenvalue weighted by Crippen LogP contribution is 2.14. The number of nitriles is 1. The number of aryl methyl sites for hydroxylation is 1. The van der Waals surface area contributed by atoms with Crippen molar-refractivity contribution in [3.63, 3.8) is 0 Å². The number of hydrogen-bond donors (Lipinski definition) is 2. The van der Waals surface area contributed by atoms with E-state index >= 15 is 0 Å². The molecule has 0 bridgehead atoms. The molecule has 1 atom stereocenters. The van der Waals surface area contributed by atoms with Gasteiger partial charge in [0.15, 0.2) is 0 Å². The summed E-state index contributed by atoms with van der Waals surface area (Å²) in [6, 6.07) is 6.47. The maximum Gasteiger partial charge on any atom is 0.240 e. The first-order valence-corrected chi connectivity index (χ1v) is 7.84. The molecule has 1 fully saturated rings. The molecule has 0 saturated carbocycles. The lowest BCUT2D eigenvalue weighted by Gasteiger charge is -2.23. The second kappa shape index (κ2) is 6.33. The molecule has 1 heterocycles. The van der Waals surface area contributed by atoms with E-state index in [0.717, 1.165) is 6.54 Å². The molecule has 7 heteroatoms. The maximum absolute atomic E-state index is 12.2. The molecule has 0 aromatic heterocycles. The smallest absolute Gasteiger partial charge is 0.240 e. The molecule has 1 saturated heterocycles. The van der Waals surface area contributed by atoms with Crippen LogP contribution in [0.5, 0.6) is 0 Å². The van der Waals surface area contributed by atoms with Gasteiger partial charge in [0.05, 0.1) is 29.2 Å². The van der Waals surface area contributed by atoms with E-state index in [4.69, 9.17) is 10.00 Å². The molecular weight excluding hydrogens is 278 g/mol. The molecule has 1 aliphatic heterocycles. The van der Waals surface area contributed by atoms with Crippen molar-refractivity contribution in [3.05, 3.63) is 29.3 Å². The zero-order valence-electron chi connectivity index (χ0n) is 11.2. The Kier molecular flexibility index (Phi) is 4.73. The maximum atomic E-state index is 12.2. The molecule has 0 radical (unpaired) electrons. The summed E-state index contributed by atoms with van der Waals surface area (Å²) in [5, 5.41) is 12.0. The van der Waals surface area contributed by atoms with Crippen LogP contribution in [0.15, 0.2) is 23.1 Å². The van der Waals surface area contributed by atoms with Crippen molar-refractivity contribution in [1.82, 2.24) is 10.0 Å². The number of morpholine rings is 1. The standard InChI is InChI=1S/C13H17N3O3S/c1-10-6-13(3-2-11(10)7-14)20(17,18)16-9-12-8-15-4-5-19-12/h2-3,6,12,15-16H,4-5,8-9H2,1H3. The highest BCUT2D eigenvalue weighted by Gasteiger charge is 2.19. The van der Waals surface area contributed by atoms with Crippen LogP contribution < -0.4 is 10.0 Å². The lowest BCUT2D eigenvalue weighted by atomic mass is 10.1. The number of nitrogens with zero attached hydrogens (tertiary/aromatic N) is 1. The van der Waals surface area contributed by atoms with Crippen molar-refractivity contribution >= 4 is 10.0 Å². The van der Waals surface area contributed by atoms with Crippen LogP contribution >= 0.6 is 0 Å². The summed E-state index contributed by atoms with van der Waals surface area (Å²) in [6.07, 6.45) is -0.155. The van der Waals surface area contributed by atoms with Gasteiger partial charge in [-0.1, -0.05) is 0 Å². The molecule has 2 N–H and O–H groups in total. The number of hydrogen-bond acceptors (Lipinski definition) is 5.